The van der Waals surface area contributed by atoms with Crippen molar-refractivity contribution in [3.63, 3.8) is 0 Å². The molecule has 1 amide bonds. The molecule has 1 aliphatic heterocycles. The van der Waals surface area contributed by atoms with Crippen LogP contribution in [0.5, 0.6) is 5.75 Å². The highest BCUT2D eigenvalue weighted by Crippen LogP contribution is 2.22. The van der Waals surface area contributed by atoms with E-state index in [4.69, 9.17) is 10.8 Å². The van der Waals surface area contributed by atoms with Gasteiger partial charge in [0.05, 0.1) is 16.8 Å². The average Bonchev–Trinajstić information content (AvgIpc) is 3.02. The van der Waals surface area contributed by atoms with Gasteiger partial charge in [-0.15, -0.1) is 0 Å². The smallest absolute Gasteiger partial charge is 0.275 e. The standard InChI is InChI=1S/C22H25F2N5O3S/c1-27-17-5-3-2-4-8-29(17)22(32)18-20(31)19(30)14(11-28-18)21(26)33-16(25)9-12-6-7-13(23)10-15(12)24/h6-7,10-11,17,25-27,31H,2-5,8-9H2,1H3,(H,28,30). The van der Waals surface area contributed by atoms with Crippen molar-refractivity contribution < 1.29 is 18.7 Å². The number of H-pyrrole nitrogens is 1. The van der Waals surface area contributed by atoms with Gasteiger partial charge in [-0.25, -0.2) is 8.78 Å². The molecule has 0 aliphatic carbocycles. The van der Waals surface area contributed by atoms with Crippen molar-refractivity contribution in [3.8, 4) is 5.75 Å². The van der Waals surface area contributed by atoms with Gasteiger partial charge >= 0.3 is 0 Å². The number of benzene rings is 1. The zero-order valence-corrected chi connectivity index (χ0v) is 18.8. The Morgan fingerprint density at radius 2 is 2.06 bits per heavy atom. The first-order valence-corrected chi connectivity index (χ1v) is 11.3. The van der Waals surface area contributed by atoms with Crippen molar-refractivity contribution in [2.24, 2.45) is 0 Å². The second-order valence-corrected chi connectivity index (χ2v) is 8.78. The lowest BCUT2D eigenvalue weighted by Crippen LogP contribution is -2.47. The molecule has 11 heteroatoms. The number of carbonyl (C=O) groups is 1. The van der Waals surface area contributed by atoms with Gasteiger partial charge in [0.25, 0.3) is 5.91 Å². The van der Waals surface area contributed by atoms with E-state index in [0.29, 0.717) is 24.4 Å². The molecule has 1 aromatic carbocycles. The first-order chi connectivity index (χ1) is 15.7. The Balaban J connectivity index is 1.76. The fourth-order valence-electron chi connectivity index (χ4n) is 3.70. The van der Waals surface area contributed by atoms with Crippen LogP contribution in [-0.2, 0) is 6.42 Å². The summed E-state index contributed by atoms with van der Waals surface area (Å²) in [4.78, 5) is 29.9. The zero-order chi connectivity index (χ0) is 24.1. The van der Waals surface area contributed by atoms with E-state index >= 15 is 0 Å². The number of rotatable bonds is 5. The molecular weight excluding hydrogens is 452 g/mol. The third-order valence-electron chi connectivity index (χ3n) is 5.45. The molecule has 0 spiro atoms. The Kier molecular flexibility index (Phi) is 7.98. The highest BCUT2D eigenvalue weighted by atomic mass is 32.2. The molecule has 1 aromatic heterocycles. The number of likely N-dealkylation sites (tertiary alicyclic amines) is 1. The van der Waals surface area contributed by atoms with Crippen molar-refractivity contribution in [1.29, 1.82) is 10.8 Å². The fraction of sp³-hybridized carbons (Fsp3) is 0.364. The van der Waals surface area contributed by atoms with E-state index in [1.165, 1.54) is 6.07 Å². The van der Waals surface area contributed by atoms with E-state index < -0.39 is 28.7 Å². The number of nitrogens with zero attached hydrogens (tertiary/aromatic N) is 1. The van der Waals surface area contributed by atoms with Gasteiger partial charge in [0, 0.05) is 25.2 Å². The predicted molar refractivity (Wildman–Crippen MR) is 123 cm³/mol. The molecule has 8 nitrogen and oxygen atoms in total. The lowest BCUT2D eigenvalue weighted by atomic mass is 10.1. The van der Waals surface area contributed by atoms with Crippen LogP contribution in [0.4, 0.5) is 8.78 Å². The van der Waals surface area contributed by atoms with Crippen molar-refractivity contribution in [1.82, 2.24) is 15.2 Å². The molecule has 1 aliphatic rings. The summed E-state index contributed by atoms with van der Waals surface area (Å²) in [6.45, 7) is 0.482. The quantitative estimate of drug-likeness (QED) is 0.333. The van der Waals surface area contributed by atoms with E-state index in [0.717, 1.165) is 37.9 Å². The lowest BCUT2D eigenvalue weighted by molar-refractivity contribution is 0.0645. The maximum atomic E-state index is 13.8. The Morgan fingerprint density at radius 3 is 2.76 bits per heavy atom. The van der Waals surface area contributed by atoms with Gasteiger partial charge in [0.2, 0.25) is 5.43 Å². The molecule has 1 unspecified atom stereocenters. The molecular formula is C22H25F2N5O3S. The van der Waals surface area contributed by atoms with Crippen LogP contribution >= 0.6 is 11.8 Å². The predicted octanol–water partition coefficient (Wildman–Crippen LogP) is 3.20. The highest BCUT2D eigenvalue weighted by Gasteiger charge is 2.29. The average molecular weight is 478 g/mol. The molecule has 2 heterocycles. The number of hydrogen-bond acceptors (Lipinski definition) is 7. The van der Waals surface area contributed by atoms with E-state index in [-0.39, 0.29) is 39.5 Å². The van der Waals surface area contributed by atoms with Crippen LogP contribution in [0.2, 0.25) is 0 Å². The van der Waals surface area contributed by atoms with Crippen molar-refractivity contribution >= 4 is 27.8 Å². The number of aromatic hydroxyl groups is 1. The Labute approximate surface area is 193 Å². The van der Waals surface area contributed by atoms with Gasteiger partial charge < -0.3 is 20.3 Å². The summed E-state index contributed by atoms with van der Waals surface area (Å²) < 4.78 is 26.9. The minimum Gasteiger partial charge on any atom is -0.503 e. The molecule has 33 heavy (non-hydrogen) atoms. The molecule has 0 saturated carbocycles. The summed E-state index contributed by atoms with van der Waals surface area (Å²) in [5.74, 6) is -2.85. The third kappa shape index (κ3) is 5.66. The Bertz CT molecular complexity index is 1140. The molecule has 5 N–H and O–H groups in total. The molecule has 2 aromatic rings. The minimum absolute atomic E-state index is 0.0796. The largest absolute Gasteiger partial charge is 0.503 e. The minimum atomic E-state index is -0.911. The third-order valence-corrected chi connectivity index (χ3v) is 6.27. The van der Waals surface area contributed by atoms with Crippen molar-refractivity contribution in [2.45, 2.75) is 38.3 Å². The second-order valence-electron chi connectivity index (χ2n) is 7.67. The Morgan fingerprint density at radius 1 is 1.30 bits per heavy atom. The van der Waals surface area contributed by atoms with Crippen LogP contribution in [0.15, 0.2) is 29.2 Å². The summed E-state index contributed by atoms with van der Waals surface area (Å²) in [6, 6.07) is 2.99. The summed E-state index contributed by atoms with van der Waals surface area (Å²) in [7, 11) is 1.74. The maximum absolute atomic E-state index is 13.8. The van der Waals surface area contributed by atoms with Crippen LogP contribution in [0.25, 0.3) is 0 Å². The molecule has 3 rings (SSSR count). The van der Waals surface area contributed by atoms with Crippen LogP contribution in [0.1, 0.15) is 47.3 Å². The number of amides is 1. The fourth-order valence-corrected chi connectivity index (χ4v) is 4.43. The van der Waals surface area contributed by atoms with E-state index in [2.05, 4.69) is 10.3 Å². The summed E-state index contributed by atoms with van der Waals surface area (Å²) in [6.07, 6.45) is 4.24. The SMILES string of the molecule is CNC1CCCCCN1C(=O)c1[nH]cc(C(=N)SC(=N)Cc2ccc(F)cc2F)c(=O)c1O. The van der Waals surface area contributed by atoms with E-state index in [1.54, 1.807) is 11.9 Å². The molecule has 0 radical (unpaired) electrons. The maximum Gasteiger partial charge on any atom is 0.275 e. The number of nitrogens with one attached hydrogen (secondary N) is 4. The number of thioether (sulfide) groups is 1. The summed E-state index contributed by atoms with van der Waals surface area (Å²) in [5, 5.41) is 29.2. The first-order valence-electron chi connectivity index (χ1n) is 10.4. The van der Waals surface area contributed by atoms with Gasteiger partial charge in [-0.3, -0.25) is 20.4 Å². The van der Waals surface area contributed by atoms with Gasteiger partial charge in [0.1, 0.15) is 16.7 Å². The van der Waals surface area contributed by atoms with E-state index in [9.17, 15) is 23.5 Å². The molecule has 1 atom stereocenters. The lowest BCUT2D eigenvalue weighted by Gasteiger charge is -2.29. The van der Waals surface area contributed by atoms with Crippen LogP contribution < -0.4 is 10.7 Å². The van der Waals surface area contributed by atoms with Crippen LogP contribution in [0, 0.1) is 22.5 Å². The topological polar surface area (TPSA) is 133 Å². The number of hydrogen-bond donors (Lipinski definition) is 5. The van der Waals surface area contributed by atoms with Gasteiger partial charge in [0.15, 0.2) is 11.4 Å². The number of pyridine rings is 1. The zero-order valence-electron chi connectivity index (χ0n) is 18.0. The molecule has 176 valence electrons. The highest BCUT2D eigenvalue weighted by molar-refractivity contribution is 8.26. The van der Waals surface area contributed by atoms with E-state index in [1.807, 2.05) is 0 Å². The molecule has 0 bridgehead atoms. The number of aromatic amines is 1. The normalized spacial score (nSPS) is 16.3. The first kappa shape index (κ1) is 24.6. The summed E-state index contributed by atoms with van der Waals surface area (Å²) in [5.41, 5.74) is -1.31. The van der Waals surface area contributed by atoms with Gasteiger partial charge in [-0.1, -0.05) is 24.2 Å². The van der Waals surface area contributed by atoms with Crippen molar-refractivity contribution in [3.05, 3.63) is 63.1 Å². The van der Waals surface area contributed by atoms with Gasteiger partial charge in [-0.2, -0.15) is 0 Å². The Hall–Kier alpha value is -3.05. The second kappa shape index (κ2) is 10.7. The van der Waals surface area contributed by atoms with Crippen LogP contribution in [0.3, 0.4) is 0 Å². The number of halogens is 2. The monoisotopic (exact) mass is 477 g/mol. The summed E-state index contributed by atoms with van der Waals surface area (Å²) >= 11 is 0.602. The number of aromatic nitrogens is 1. The van der Waals surface area contributed by atoms with Crippen LogP contribution in [-0.4, -0.2) is 50.7 Å². The molecule has 1 saturated heterocycles. The van der Waals surface area contributed by atoms with Crippen molar-refractivity contribution in [2.75, 3.05) is 13.6 Å². The van der Waals surface area contributed by atoms with Gasteiger partial charge in [-0.05, 0) is 37.9 Å². The number of carbonyl (C=O) groups excluding carboxylic acids is 1. The molecule has 1 fully saturated rings.